The van der Waals surface area contributed by atoms with E-state index in [-0.39, 0.29) is 6.61 Å². The molecule has 0 saturated carbocycles. The second kappa shape index (κ2) is 8.50. The summed E-state index contributed by atoms with van der Waals surface area (Å²) in [5.41, 5.74) is 0.562. The normalized spacial score (nSPS) is 14.1. The van der Waals surface area contributed by atoms with E-state index in [1.165, 1.54) is 0 Å². The largest absolute Gasteiger partial charge is 0.465 e. The third-order valence-electron chi connectivity index (χ3n) is 5.09. The number of nitriles is 1. The molecule has 3 rings (SSSR count). The average Bonchev–Trinajstić information content (AvgIpc) is 2.74. The first-order chi connectivity index (χ1) is 13.6. The van der Waals surface area contributed by atoms with Crippen LogP contribution in [-0.4, -0.2) is 18.8 Å². The SMILES string of the molecule is CCOC(=O)C(C)(C#N)C(c1ccccc1SC)c1cccc2ccccc12. The van der Waals surface area contributed by atoms with Crippen LogP contribution in [0.2, 0.25) is 0 Å². The number of thioether (sulfide) groups is 1. The van der Waals surface area contributed by atoms with E-state index in [1.807, 2.05) is 73.0 Å². The molecular formula is C24H23NO2S. The molecular weight excluding hydrogens is 366 g/mol. The molecule has 0 heterocycles. The van der Waals surface area contributed by atoms with Crippen molar-refractivity contribution in [2.45, 2.75) is 24.7 Å². The Bertz CT molecular complexity index is 1030. The van der Waals surface area contributed by atoms with E-state index in [4.69, 9.17) is 4.74 Å². The van der Waals surface area contributed by atoms with Crippen LogP contribution >= 0.6 is 11.8 Å². The van der Waals surface area contributed by atoms with Gasteiger partial charge in [0.05, 0.1) is 12.7 Å². The van der Waals surface area contributed by atoms with Crippen molar-refractivity contribution < 1.29 is 9.53 Å². The fourth-order valence-electron chi connectivity index (χ4n) is 3.71. The highest BCUT2D eigenvalue weighted by Crippen LogP contribution is 2.46. The Kier molecular flexibility index (Phi) is 6.06. The predicted molar refractivity (Wildman–Crippen MR) is 114 cm³/mol. The summed E-state index contributed by atoms with van der Waals surface area (Å²) in [7, 11) is 0. The van der Waals surface area contributed by atoms with Gasteiger partial charge in [-0.1, -0.05) is 60.7 Å². The summed E-state index contributed by atoms with van der Waals surface area (Å²) in [6.45, 7) is 3.69. The highest BCUT2D eigenvalue weighted by atomic mass is 32.2. The number of rotatable bonds is 6. The van der Waals surface area contributed by atoms with E-state index in [2.05, 4.69) is 6.07 Å². The fourth-order valence-corrected chi connectivity index (χ4v) is 4.34. The van der Waals surface area contributed by atoms with Crippen molar-refractivity contribution in [1.29, 1.82) is 5.26 Å². The minimum atomic E-state index is -1.36. The molecule has 0 aromatic heterocycles. The average molecular weight is 390 g/mol. The molecule has 0 saturated heterocycles. The molecule has 28 heavy (non-hydrogen) atoms. The molecule has 0 aliphatic carbocycles. The lowest BCUT2D eigenvalue weighted by Crippen LogP contribution is -2.36. The van der Waals surface area contributed by atoms with Crippen LogP contribution in [0.15, 0.2) is 71.6 Å². The lowest BCUT2D eigenvalue weighted by atomic mass is 9.69. The zero-order valence-corrected chi connectivity index (χ0v) is 17.1. The molecule has 2 atom stereocenters. The Hall–Kier alpha value is -2.77. The summed E-state index contributed by atoms with van der Waals surface area (Å²) in [4.78, 5) is 14.0. The number of esters is 1. The molecule has 3 aromatic carbocycles. The van der Waals surface area contributed by atoms with Crippen LogP contribution in [0.25, 0.3) is 10.8 Å². The Morgan fingerprint density at radius 1 is 1.07 bits per heavy atom. The van der Waals surface area contributed by atoms with Gasteiger partial charge in [-0.3, -0.25) is 4.79 Å². The van der Waals surface area contributed by atoms with Gasteiger partial charge in [0.25, 0.3) is 0 Å². The third kappa shape index (κ3) is 3.50. The Morgan fingerprint density at radius 2 is 1.71 bits per heavy atom. The van der Waals surface area contributed by atoms with Crippen molar-refractivity contribution >= 4 is 28.5 Å². The van der Waals surface area contributed by atoms with E-state index >= 15 is 0 Å². The van der Waals surface area contributed by atoms with Crippen molar-refractivity contribution in [1.82, 2.24) is 0 Å². The Morgan fingerprint density at radius 3 is 2.43 bits per heavy atom. The van der Waals surface area contributed by atoms with Crippen molar-refractivity contribution in [3.63, 3.8) is 0 Å². The molecule has 0 N–H and O–H groups in total. The van der Waals surface area contributed by atoms with Gasteiger partial charge >= 0.3 is 5.97 Å². The maximum Gasteiger partial charge on any atom is 0.327 e. The second-order valence-corrected chi connectivity index (χ2v) is 7.63. The molecule has 2 unspecified atom stereocenters. The van der Waals surface area contributed by atoms with E-state index < -0.39 is 17.3 Å². The van der Waals surface area contributed by atoms with Gasteiger partial charge in [-0.2, -0.15) is 5.26 Å². The van der Waals surface area contributed by atoms with Crippen molar-refractivity contribution in [2.75, 3.05) is 12.9 Å². The van der Waals surface area contributed by atoms with Gasteiger partial charge in [0.15, 0.2) is 5.41 Å². The highest BCUT2D eigenvalue weighted by molar-refractivity contribution is 7.98. The maximum absolute atomic E-state index is 13.0. The smallest absolute Gasteiger partial charge is 0.327 e. The summed E-state index contributed by atoms with van der Waals surface area (Å²) in [6.07, 6.45) is 2.01. The number of carbonyl (C=O) groups excluding carboxylic acids is 1. The predicted octanol–water partition coefficient (Wildman–Crippen LogP) is 5.79. The molecule has 4 heteroatoms. The van der Waals surface area contributed by atoms with Gasteiger partial charge in [-0.25, -0.2) is 0 Å². The van der Waals surface area contributed by atoms with Crippen molar-refractivity contribution in [3.8, 4) is 6.07 Å². The topological polar surface area (TPSA) is 50.1 Å². The molecule has 0 spiro atoms. The molecule has 3 aromatic rings. The van der Waals surface area contributed by atoms with Crippen LogP contribution in [0.4, 0.5) is 0 Å². The summed E-state index contributed by atoms with van der Waals surface area (Å²) < 4.78 is 5.34. The van der Waals surface area contributed by atoms with Crippen molar-refractivity contribution in [3.05, 3.63) is 77.9 Å². The van der Waals surface area contributed by atoms with Gasteiger partial charge < -0.3 is 4.74 Å². The molecule has 0 amide bonds. The van der Waals surface area contributed by atoms with Crippen LogP contribution in [-0.2, 0) is 9.53 Å². The van der Waals surface area contributed by atoms with Crippen LogP contribution in [0, 0.1) is 16.7 Å². The number of hydrogen-bond donors (Lipinski definition) is 0. The van der Waals surface area contributed by atoms with Crippen LogP contribution in [0.3, 0.4) is 0 Å². The van der Waals surface area contributed by atoms with Crippen LogP contribution in [0.5, 0.6) is 0 Å². The lowest BCUT2D eigenvalue weighted by Gasteiger charge is -2.32. The second-order valence-electron chi connectivity index (χ2n) is 6.78. The molecule has 0 radical (unpaired) electrons. The van der Waals surface area contributed by atoms with Gasteiger partial charge in [0.2, 0.25) is 0 Å². The Balaban J connectivity index is 2.35. The maximum atomic E-state index is 13.0. The monoisotopic (exact) mass is 389 g/mol. The third-order valence-corrected chi connectivity index (χ3v) is 5.90. The molecule has 0 aliphatic rings. The van der Waals surface area contributed by atoms with E-state index in [0.717, 1.165) is 26.8 Å². The van der Waals surface area contributed by atoms with E-state index in [9.17, 15) is 10.1 Å². The number of hydrogen-bond acceptors (Lipinski definition) is 4. The minimum absolute atomic E-state index is 0.239. The van der Waals surface area contributed by atoms with Gasteiger partial charge in [-0.15, -0.1) is 11.8 Å². The number of nitrogens with zero attached hydrogens (tertiary/aromatic N) is 1. The molecule has 0 fully saturated rings. The first kappa shape index (κ1) is 20.0. The summed E-state index contributed by atoms with van der Waals surface area (Å²) in [5.74, 6) is -0.947. The summed E-state index contributed by atoms with van der Waals surface area (Å²) in [5, 5.41) is 12.3. The Labute approximate surface area is 170 Å². The number of ether oxygens (including phenoxy) is 1. The first-order valence-electron chi connectivity index (χ1n) is 9.25. The zero-order valence-electron chi connectivity index (χ0n) is 16.3. The number of carbonyl (C=O) groups is 1. The zero-order chi connectivity index (χ0) is 20.1. The van der Waals surface area contributed by atoms with Crippen LogP contribution in [0.1, 0.15) is 30.9 Å². The number of benzene rings is 3. The van der Waals surface area contributed by atoms with Gasteiger partial charge in [-0.05, 0) is 48.1 Å². The lowest BCUT2D eigenvalue weighted by molar-refractivity contribution is -0.151. The minimum Gasteiger partial charge on any atom is -0.465 e. The standard InChI is InChI=1S/C24H23NO2S/c1-4-27-23(26)24(2,16-25)22(20-13-7-8-15-21(20)28-3)19-14-9-11-17-10-5-6-12-18(17)19/h5-15,22H,4H2,1-3H3. The highest BCUT2D eigenvalue weighted by Gasteiger charge is 2.46. The van der Waals surface area contributed by atoms with Gasteiger partial charge in [0.1, 0.15) is 0 Å². The summed E-state index contributed by atoms with van der Waals surface area (Å²) in [6, 6.07) is 24.4. The molecule has 142 valence electrons. The van der Waals surface area contributed by atoms with Gasteiger partial charge in [0, 0.05) is 10.8 Å². The fraction of sp³-hybridized carbons (Fsp3) is 0.250. The quantitative estimate of drug-likeness (QED) is 0.396. The molecule has 0 bridgehead atoms. The first-order valence-corrected chi connectivity index (χ1v) is 10.5. The van der Waals surface area contributed by atoms with Crippen LogP contribution < -0.4 is 0 Å². The van der Waals surface area contributed by atoms with E-state index in [0.29, 0.717) is 0 Å². The molecule has 0 aliphatic heterocycles. The number of fused-ring (bicyclic) bond motifs is 1. The van der Waals surface area contributed by atoms with Crippen molar-refractivity contribution in [2.24, 2.45) is 5.41 Å². The van der Waals surface area contributed by atoms with E-state index in [1.54, 1.807) is 25.6 Å². The summed E-state index contributed by atoms with van der Waals surface area (Å²) >= 11 is 1.61. The molecule has 3 nitrogen and oxygen atoms in total.